The number of nitrogens with zero attached hydrogens (tertiary/aromatic N) is 3. The van der Waals surface area contributed by atoms with Gasteiger partial charge in [0.25, 0.3) is 0 Å². The maximum absolute atomic E-state index is 5.64. The molecule has 90 valence electrons. The number of rotatable bonds is 6. The van der Waals surface area contributed by atoms with E-state index in [0.29, 0.717) is 0 Å². The number of hydrogen-bond acceptors (Lipinski definition) is 3. The van der Waals surface area contributed by atoms with Crippen LogP contribution in [0.4, 0.5) is 0 Å². The van der Waals surface area contributed by atoms with E-state index in [9.17, 15) is 0 Å². The van der Waals surface area contributed by atoms with Crippen molar-refractivity contribution in [3.05, 3.63) is 42.2 Å². The van der Waals surface area contributed by atoms with Crippen molar-refractivity contribution in [3.63, 3.8) is 0 Å². The van der Waals surface area contributed by atoms with Crippen LogP contribution in [-0.4, -0.2) is 21.6 Å². The van der Waals surface area contributed by atoms with Crippen LogP contribution in [0.25, 0.3) is 0 Å². The van der Waals surface area contributed by atoms with Gasteiger partial charge >= 0.3 is 0 Å². The van der Waals surface area contributed by atoms with Crippen molar-refractivity contribution in [3.8, 4) is 5.75 Å². The van der Waals surface area contributed by atoms with Gasteiger partial charge in [0, 0.05) is 12.7 Å². The molecule has 0 radical (unpaired) electrons. The second-order valence-corrected chi connectivity index (χ2v) is 4.03. The Balaban J connectivity index is 1.61. The molecule has 0 saturated carbocycles. The fraction of sp³-hybridized carbons (Fsp3) is 0.385. The van der Waals surface area contributed by atoms with Crippen LogP contribution in [-0.2, 0) is 6.54 Å². The highest BCUT2D eigenvalue weighted by Crippen LogP contribution is 2.11. The van der Waals surface area contributed by atoms with E-state index in [1.54, 1.807) is 6.20 Å². The summed E-state index contributed by atoms with van der Waals surface area (Å²) in [5.74, 6) is 0.941. The van der Waals surface area contributed by atoms with Gasteiger partial charge in [-0.25, -0.2) is 0 Å². The van der Waals surface area contributed by atoms with E-state index in [4.69, 9.17) is 4.74 Å². The first-order valence-corrected chi connectivity index (χ1v) is 5.88. The van der Waals surface area contributed by atoms with Crippen LogP contribution < -0.4 is 4.74 Å². The Bertz CT molecular complexity index is 422. The summed E-state index contributed by atoms with van der Waals surface area (Å²) in [5, 5.41) is 7.67. The summed E-state index contributed by atoms with van der Waals surface area (Å²) in [4.78, 5) is 0. The van der Waals surface area contributed by atoms with Gasteiger partial charge < -0.3 is 4.74 Å². The Kier molecular flexibility index (Phi) is 4.13. The Hall–Kier alpha value is -1.84. The van der Waals surface area contributed by atoms with Crippen molar-refractivity contribution in [2.75, 3.05) is 6.61 Å². The summed E-state index contributed by atoms with van der Waals surface area (Å²) in [5.41, 5.74) is 1.25. The fourth-order valence-electron chi connectivity index (χ4n) is 1.55. The minimum atomic E-state index is 0.748. The molecule has 1 heterocycles. The number of aryl methyl sites for hydroxylation is 2. The lowest BCUT2D eigenvalue weighted by molar-refractivity contribution is 0.301. The lowest BCUT2D eigenvalue weighted by Crippen LogP contribution is -2.02. The van der Waals surface area contributed by atoms with Gasteiger partial charge in [-0.05, 0) is 31.9 Å². The molecular formula is C13H17N3O. The number of hydrogen-bond donors (Lipinski definition) is 0. The second-order valence-electron chi connectivity index (χ2n) is 4.03. The van der Waals surface area contributed by atoms with Gasteiger partial charge in [0.1, 0.15) is 5.75 Å². The first-order valence-electron chi connectivity index (χ1n) is 5.88. The molecule has 0 spiro atoms. The van der Waals surface area contributed by atoms with Gasteiger partial charge in [-0.3, -0.25) is 4.68 Å². The average Bonchev–Trinajstić information content (AvgIpc) is 2.84. The monoisotopic (exact) mass is 231 g/mol. The van der Waals surface area contributed by atoms with Crippen molar-refractivity contribution < 1.29 is 4.74 Å². The molecule has 0 amide bonds. The molecule has 0 aliphatic rings. The first kappa shape index (κ1) is 11.6. The molecule has 1 aromatic carbocycles. The average molecular weight is 231 g/mol. The van der Waals surface area contributed by atoms with Gasteiger partial charge in [0.2, 0.25) is 0 Å². The number of ether oxygens (including phenoxy) is 1. The zero-order valence-corrected chi connectivity index (χ0v) is 10.0. The summed E-state index contributed by atoms with van der Waals surface area (Å²) in [7, 11) is 0. The zero-order valence-electron chi connectivity index (χ0n) is 10.0. The van der Waals surface area contributed by atoms with Gasteiger partial charge in [-0.15, -0.1) is 5.10 Å². The number of aromatic nitrogens is 3. The molecular weight excluding hydrogens is 214 g/mol. The topological polar surface area (TPSA) is 39.9 Å². The van der Waals surface area contributed by atoms with E-state index < -0.39 is 0 Å². The predicted molar refractivity (Wildman–Crippen MR) is 65.9 cm³/mol. The van der Waals surface area contributed by atoms with Crippen molar-refractivity contribution in [1.82, 2.24) is 15.0 Å². The molecule has 0 atom stereocenters. The minimum absolute atomic E-state index is 0.748. The molecule has 0 bridgehead atoms. The van der Waals surface area contributed by atoms with Gasteiger partial charge in [0.15, 0.2) is 0 Å². The normalized spacial score (nSPS) is 10.4. The first-order chi connectivity index (χ1) is 8.34. The van der Waals surface area contributed by atoms with Crippen LogP contribution in [0.3, 0.4) is 0 Å². The Morgan fingerprint density at radius 1 is 1.18 bits per heavy atom. The molecule has 0 saturated heterocycles. The van der Waals surface area contributed by atoms with Gasteiger partial charge in [-0.2, -0.15) is 0 Å². The van der Waals surface area contributed by atoms with Gasteiger partial charge in [0.05, 0.1) is 12.8 Å². The zero-order chi connectivity index (χ0) is 11.9. The molecule has 17 heavy (non-hydrogen) atoms. The maximum Gasteiger partial charge on any atom is 0.119 e. The number of benzene rings is 1. The standard InChI is InChI=1S/C13H17N3O/c1-12-4-6-13(7-5-12)17-11-3-2-9-16-10-8-14-15-16/h4-8,10H,2-3,9,11H2,1H3. The molecule has 0 aliphatic heterocycles. The van der Waals surface area contributed by atoms with Crippen LogP contribution >= 0.6 is 0 Å². The molecule has 0 N–H and O–H groups in total. The van der Waals surface area contributed by atoms with Crippen LogP contribution in [0.1, 0.15) is 18.4 Å². The van der Waals surface area contributed by atoms with E-state index in [-0.39, 0.29) is 0 Å². The third kappa shape index (κ3) is 3.90. The predicted octanol–water partition coefficient (Wildman–Crippen LogP) is 2.45. The van der Waals surface area contributed by atoms with E-state index in [1.165, 1.54) is 5.56 Å². The summed E-state index contributed by atoms with van der Waals surface area (Å²) in [6.07, 6.45) is 5.65. The SMILES string of the molecule is Cc1ccc(OCCCCn2ccnn2)cc1. The molecule has 0 unspecified atom stereocenters. The molecule has 0 aliphatic carbocycles. The summed E-state index contributed by atoms with van der Waals surface area (Å²) >= 11 is 0. The van der Waals surface area contributed by atoms with Crippen LogP contribution in [0.5, 0.6) is 5.75 Å². The number of unbranched alkanes of at least 4 members (excludes halogenated alkanes) is 1. The van der Waals surface area contributed by atoms with E-state index in [2.05, 4.69) is 29.4 Å². The lowest BCUT2D eigenvalue weighted by atomic mass is 10.2. The molecule has 1 aromatic heterocycles. The largest absolute Gasteiger partial charge is 0.494 e. The Labute approximate surface area is 101 Å². The molecule has 0 fully saturated rings. The van der Waals surface area contributed by atoms with Crippen LogP contribution in [0.15, 0.2) is 36.7 Å². The summed E-state index contributed by atoms with van der Waals surface area (Å²) < 4.78 is 7.47. The fourth-order valence-corrected chi connectivity index (χ4v) is 1.55. The van der Waals surface area contributed by atoms with Crippen molar-refractivity contribution >= 4 is 0 Å². The van der Waals surface area contributed by atoms with Gasteiger partial charge in [-0.1, -0.05) is 22.9 Å². The van der Waals surface area contributed by atoms with E-state index >= 15 is 0 Å². The van der Waals surface area contributed by atoms with E-state index in [1.807, 2.05) is 23.0 Å². The Morgan fingerprint density at radius 3 is 2.71 bits per heavy atom. The lowest BCUT2D eigenvalue weighted by Gasteiger charge is -2.06. The maximum atomic E-state index is 5.64. The quantitative estimate of drug-likeness (QED) is 0.717. The van der Waals surface area contributed by atoms with Crippen molar-refractivity contribution in [2.45, 2.75) is 26.3 Å². The highest BCUT2D eigenvalue weighted by molar-refractivity contribution is 5.26. The van der Waals surface area contributed by atoms with Crippen LogP contribution in [0, 0.1) is 6.92 Å². The summed E-state index contributed by atoms with van der Waals surface area (Å²) in [6.45, 7) is 3.72. The molecule has 4 heteroatoms. The third-order valence-electron chi connectivity index (χ3n) is 2.54. The highest BCUT2D eigenvalue weighted by atomic mass is 16.5. The van der Waals surface area contributed by atoms with E-state index in [0.717, 1.165) is 31.7 Å². The third-order valence-corrected chi connectivity index (χ3v) is 2.54. The molecule has 4 nitrogen and oxygen atoms in total. The summed E-state index contributed by atoms with van der Waals surface area (Å²) in [6, 6.07) is 8.13. The minimum Gasteiger partial charge on any atom is -0.494 e. The van der Waals surface area contributed by atoms with Crippen LogP contribution in [0.2, 0.25) is 0 Å². The highest BCUT2D eigenvalue weighted by Gasteiger charge is 1.95. The molecule has 2 rings (SSSR count). The smallest absolute Gasteiger partial charge is 0.119 e. The van der Waals surface area contributed by atoms with Crippen molar-refractivity contribution in [2.24, 2.45) is 0 Å². The Morgan fingerprint density at radius 2 is 2.00 bits per heavy atom. The second kappa shape index (κ2) is 6.03. The molecule has 2 aromatic rings. The van der Waals surface area contributed by atoms with Crippen molar-refractivity contribution in [1.29, 1.82) is 0 Å².